The molecule has 4 heteroatoms. The second kappa shape index (κ2) is 5.19. The van der Waals surface area contributed by atoms with Crippen molar-refractivity contribution in [3.05, 3.63) is 35.4 Å². The van der Waals surface area contributed by atoms with Gasteiger partial charge in [0.1, 0.15) is 11.6 Å². The SMILES string of the molecule is C[C@@H](CO)N[C@H](C)c1cc(F)ccc1F. The Morgan fingerprint density at radius 2 is 2.00 bits per heavy atom. The van der Waals surface area contributed by atoms with E-state index < -0.39 is 11.6 Å². The first-order valence-corrected chi connectivity index (χ1v) is 4.86. The Labute approximate surface area is 87.9 Å². The van der Waals surface area contributed by atoms with E-state index in [0.717, 1.165) is 18.2 Å². The molecule has 1 aromatic rings. The molecule has 0 aliphatic rings. The van der Waals surface area contributed by atoms with E-state index in [1.807, 2.05) is 0 Å². The van der Waals surface area contributed by atoms with Crippen LogP contribution in [0.15, 0.2) is 18.2 Å². The summed E-state index contributed by atoms with van der Waals surface area (Å²) in [5.74, 6) is -0.904. The summed E-state index contributed by atoms with van der Waals surface area (Å²) in [7, 11) is 0. The smallest absolute Gasteiger partial charge is 0.128 e. The quantitative estimate of drug-likeness (QED) is 0.805. The molecule has 0 saturated heterocycles. The van der Waals surface area contributed by atoms with Crippen LogP contribution in [-0.2, 0) is 0 Å². The van der Waals surface area contributed by atoms with Gasteiger partial charge in [-0.05, 0) is 32.0 Å². The highest BCUT2D eigenvalue weighted by Gasteiger charge is 2.13. The van der Waals surface area contributed by atoms with E-state index in [2.05, 4.69) is 5.32 Å². The number of hydrogen-bond donors (Lipinski definition) is 2. The molecule has 0 radical (unpaired) electrons. The summed E-state index contributed by atoms with van der Waals surface area (Å²) >= 11 is 0. The first kappa shape index (κ1) is 12.1. The molecule has 0 amide bonds. The van der Waals surface area contributed by atoms with E-state index in [1.54, 1.807) is 13.8 Å². The maximum absolute atomic E-state index is 13.3. The Kier molecular flexibility index (Phi) is 4.17. The van der Waals surface area contributed by atoms with Crippen LogP contribution >= 0.6 is 0 Å². The second-order valence-corrected chi connectivity index (χ2v) is 3.64. The highest BCUT2D eigenvalue weighted by molar-refractivity contribution is 5.21. The summed E-state index contributed by atoms with van der Waals surface area (Å²) in [5.41, 5.74) is 0.273. The average Bonchev–Trinajstić information content (AvgIpc) is 2.21. The monoisotopic (exact) mass is 215 g/mol. The number of rotatable bonds is 4. The maximum Gasteiger partial charge on any atom is 0.128 e. The van der Waals surface area contributed by atoms with Gasteiger partial charge in [-0.1, -0.05) is 0 Å². The van der Waals surface area contributed by atoms with Crippen molar-refractivity contribution in [1.29, 1.82) is 0 Å². The molecule has 0 aliphatic heterocycles. The maximum atomic E-state index is 13.3. The van der Waals surface area contributed by atoms with Gasteiger partial charge in [0, 0.05) is 17.6 Å². The van der Waals surface area contributed by atoms with Gasteiger partial charge >= 0.3 is 0 Å². The minimum atomic E-state index is -0.461. The molecule has 15 heavy (non-hydrogen) atoms. The van der Waals surface area contributed by atoms with Crippen molar-refractivity contribution in [3.8, 4) is 0 Å². The molecule has 0 heterocycles. The van der Waals surface area contributed by atoms with Gasteiger partial charge < -0.3 is 10.4 Å². The van der Waals surface area contributed by atoms with Crippen molar-refractivity contribution < 1.29 is 13.9 Å². The summed E-state index contributed by atoms with van der Waals surface area (Å²) in [5, 5.41) is 11.8. The van der Waals surface area contributed by atoms with Crippen LogP contribution in [0.3, 0.4) is 0 Å². The van der Waals surface area contributed by atoms with E-state index >= 15 is 0 Å². The van der Waals surface area contributed by atoms with Gasteiger partial charge in [0.2, 0.25) is 0 Å². The number of aliphatic hydroxyl groups is 1. The van der Waals surface area contributed by atoms with Gasteiger partial charge in [-0.3, -0.25) is 0 Å². The summed E-state index contributed by atoms with van der Waals surface area (Å²) in [4.78, 5) is 0. The largest absolute Gasteiger partial charge is 0.395 e. The lowest BCUT2D eigenvalue weighted by Gasteiger charge is -2.19. The first-order chi connectivity index (χ1) is 7.04. The molecule has 0 fully saturated rings. The van der Waals surface area contributed by atoms with E-state index in [9.17, 15) is 8.78 Å². The molecule has 0 aromatic heterocycles. The molecule has 1 rings (SSSR count). The van der Waals surface area contributed by atoms with Crippen LogP contribution in [0.2, 0.25) is 0 Å². The Hall–Kier alpha value is -1.00. The van der Waals surface area contributed by atoms with Crippen molar-refractivity contribution >= 4 is 0 Å². The Morgan fingerprint density at radius 1 is 1.33 bits per heavy atom. The fourth-order valence-electron chi connectivity index (χ4n) is 1.42. The zero-order chi connectivity index (χ0) is 11.4. The third-order valence-electron chi connectivity index (χ3n) is 2.23. The molecule has 0 unspecified atom stereocenters. The Morgan fingerprint density at radius 3 is 2.60 bits per heavy atom. The van der Waals surface area contributed by atoms with Gasteiger partial charge in [0.05, 0.1) is 6.61 Å². The molecule has 2 nitrogen and oxygen atoms in total. The van der Waals surface area contributed by atoms with E-state index in [0.29, 0.717) is 0 Å². The lowest BCUT2D eigenvalue weighted by molar-refractivity contribution is 0.242. The minimum absolute atomic E-state index is 0.0404. The van der Waals surface area contributed by atoms with Crippen LogP contribution in [0.5, 0.6) is 0 Å². The standard InChI is InChI=1S/C11H15F2NO/c1-7(6-15)14-8(2)10-5-9(12)3-4-11(10)13/h3-5,7-8,14-15H,6H2,1-2H3/t7-,8+/m0/s1. The molecular weight excluding hydrogens is 200 g/mol. The molecule has 84 valence electrons. The lowest BCUT2D eigenvalue weighted by Crippen LogP contribution is -2.32. The Bertz CT molecular complexity index is 330. The number of benzene rings is 1. The van der Waals surface area contributed by atoms with Crippen LogP contribution in [0.4, 0.5) is 8.78 Å². The molecule has 0 bridgehead atoms. The van der Waals surface area contributed by atoms with Crippen LogP contribution in [0.25, 0.3) is 0 Å². The second-order valence-electron chi connectivity index (χ2n) is 3.64. The number of nitrogens with one attached hydrogen (secondary N) is 1. The molecule has 0 aliphatic carbocycles. The lowest BCUT2D eigenvalue weighted by atomic mass is 10.1. The van der Waals surface area contributed by atoms with E-state index in [1.165, 1.54) is 0 Å². The highest BCUT2D eigenvalue weighted by Crippen LogP contribution is 2.18. The van der Waals surface area contributed by atoms with E-state index in [4.69, 9.17) is 5.11 Å². The summed E-state index contributed by atoms with van der Waals surface area (Å²) in [6.07, 6.45) is 0. The van der Waals surface area contributed by atoms with Crippen LogP contribution in [0, 0.1) is 11.6 Å². The van der Waals surface area contributed by atoms with Gasteiger partial charge in [-0.25, -0.2) is 8.78 Å². The van der Waals surface area contributed by atoms with Gasteiger partial charge in [-0.2, -0.15) is 0 Å². The third-order valence-corrected chi connectivity index (χ3v) is 2.23. The van der Waals surface area contributed by atoms with Crippen LogP contribution in [0.1, 0.15) is 25.5 Å². The summed E-state index contributed by atoms with van der Waals surface area (Å²) < 4.78 is 26.2. The topological polar surface area (TPSA) is 32.3 Å². The highest BCUT2D eigenvalue weighted by atomic mass is 19.1. The van der Waals surface area contributed by atoms with Crippen LogP contribution in [-0.4, -0.2) is 17.8 Å². The number of halogens is 2. The normalized spacial score (nSPS) is 15.0. The fraction of sp³-hybridized carbons (Fsp3) is 0.455. The molecule has 0 spiro atoms. The fourth-order valence-corrected chi connectivity index (χ4v) is 1.42. The summed E-state index contributed by atoms with van der Waals surface area (Å²) in [6.45, 7) is 3.46. The summed E-state index contributed by atoms with van der Waals surface area (Å²) in [6, 6.07) is 2.87. The third kappa shape index (κ3) is 3.25. The van der Waals surface area contributed by atoms with Gasteiger partial charge in [-0.15, -0.1) is 0 Å². The molecule has 1 aromatic carbocycles. The van der Waals surface area contributed by atoms with Gasteiger partial charge in [0.25, 0.3) is 0 Å². The molecule has 2 N–H and O–H groups in total. The van der Waals surface area contributed by atoms with E-state index in [-0.39, 0.29) is 24.3 Å². The van der Waals surface area contributed by atoms with Crippen molar-refractivity contribution in [3.63, 3.8) is 0 Å². The number of hydrogen-bond acceptors (Lipinski definition) is 2. The molecule has 0 saturated carbocycles. The number of aliphatic hydroxyl groups excluding tert-OH is 1. The van der Waals surface area contributed by atoms with Crippen molar-refractivity contribution in [2.75, 3.05) is 6.61 Å². The molecular formula is C11H15F2NO. The van der Waals surface area contributed by atoms with Crippen LogP contribution < -0.4 is 5.32 Å². The first-order valence-electron chi connectivity index (χ1n) is 4.86. The molecule has 2 atom stereocenters. The minimum Gasteiger partial charge on any atom is -0.395 e. The predicted molar refractivity (Wildman–Crippen MR) is 54.5 cm³/mol. The zero-order valence-electron chi connectivity index (χ0n) is 8.80. The van der Waals surface area contributed by atoms with Crippen molar-refractivity contribution in [2.24, 2.45) is 0 Å². The van der Waals surface area contributed by atoms with Crippen molar-refractivity contribution in [1.82, 2.24) is 5.32 Å². The Balaban J connectivity index is 2.80. The van der Waals surface area contributed by atoms with Gasteiger partial charge in [0.15, 0.2) is 0 Å². The predicted octanol–water partition coefficient (Wildman–Crippen LogP) is 2.00. The average molecular weight is 215 g/mol. The van der Waals surface area contributed by atoms with Crippen molar-refractivity contribution in [2.45, 2.75) is 25.9 Å². The zero-order valence-corrected chi connectivity index (χ0v) is 8.80.